The highest BCUT2D eigenvalue weighted by Gasteiger charge is 2.35. The van der Waals surface area contributed by atoms with Gasteiger partial charge in [-0.15, -0.1) is 0 Å². The SMILES string of the molecule is Cc1cccc(N2C[C@H](C(=O)Nc3ccc(F)cc3)CC2=O)c1. The molecule has 0 aromatic heterocycles. The van der Waals surface area contributed by atoms with Crippen molar-refractivity contribution in [3.8, 4) is 0 Å². The van der Waals surface area contributed by atoms with Crippen LogP contribution in [0.1, 0.15) is 12.0 Å². The van der Waals surface area contributed by atoms with Gasteiger partial charge < -0.3 is 10.2 Å². The van der Waals surface area contributed by atoms with Crippen molar-refractivity contribution in [2.45, 2.75) is 13.3 Å². The fourth-order valence-electron chi connectivity index (χ4n) is 2.71. The third-order valence-corrected chi connectivity index (χ3v) is 3.92. The van der Waals surface area contributed by atoms with E-state index in [4.69, 9.17) is 0 Å². The molecule has 2 amide bonds. The summed E-state index contributed by atoms with van der Waals surface area (Å²) >= 11 is 0. The van der Waals surface area contributed by atoms with Gasteiger partial charge in [-0.3, -0.25) is 9.59 Å². The van der Waals surface area contributed by atoms with Crippen molar-refractivity contribution in [3.63, 3.8) is 0 Å². The van der Waals surface area contributed by atoms with Gasteiger partial charge in [-0.25, -0.2) is 4.39 Å². The summed E-state index contributed by atoms with van der Waals surface area (Å²) in [5, 5.41) is 2.73. The average molecular weight is 312 g/mol. The largest absolute Gasteiger partial charge is 0.326 e. The molecular weight excluding hydrogens is 295 g/mol. The Labute approximate surface area is 133 Å². The van der Waals surface area contributed by atoms with Gasteiger partial charge in [0.2, 0.25) is 11.8 Å². The number of aryl methyl sites for hydroxylation is 1. The second kappa shape index (κ2) is 6.20. The van der Waals surface area contributed by atoms with Crippen molar-refractivity contribution in [2.75, 3.05) is 16.8 Å². The molecule has 4 nitrogen and oxygen atoms in total. The first-order valence-electron chi connectivity index (χ1n) is 7.46. The predicted octanol–water partition coefficient (Wildman–Crippen LogP) is 3.13. The molecule has 1 aliphatic heterocycles. The number of halogens is 1. The van der Waals surface area contributed by atoms with Crippen molar-refractivity contribution in [3.05, 3.63) is 59.9 Å². The maximum atomic E-state index is 12.9. The number of carbonyl (C=O) groups excluding carboxylic acids is 2. The molecule has 118 valence electrons. The molecule has 1 aliphatic rings. The molecule has 1 heterocycles. The van der Waals surface area contributed by atoms with Gasteiger partial charge in [0.05, 0.1) is 5.92 Å². The molecule has 1 N–H and O–H groups in total. The van der Waals surface area contributed by atoms with Crippen LogP contribution < -0.4 is 10.2 Å². The number of carbonyl (C=O) groups is 2. The summed E-state index contributed by atoms with van der Waals surface area (Å²) in [5.41, 5.74) is 2.40. The van der Waals surface area contributed by atoms with Gasteiger partial charge in [-0.2, -0.15) is 0 Å². The van der Waals surface area contributed by atoms with Gasteiger partial charge in [-0.05, 0) is 48.9 Å². The minimum atomic E-state index is -0.409. The van der Waals surface area contributed by atoms with Crippen LogP contribution in [-0.2, 0) is 9.59 Å². The molecule has 2 aromatic rings. The van der Waals surface area contributed by atoms with Crippen LogP contribution in [0.5, 0.6) is 0 Å². The fourth-order valence-corrected chi connectivity index (χ4v) is 2.71. The van der Waals surface area contributed by atoms with Crippen LogP contribution in [0, 0.1) is 18.7 Å². The smallest absolute Gasteiger partial charge is 0.229 e. The monoisotopic (exact) mass is 312 g/mol. The fraction of sp³-hybridized carbons (Fsp3) is 0.222. The van der Waals surface area contributed by atoms with Gasteiger partial charge in [0.15, 0.2) is 0 Å². The molecule has 0 spiro atoms. The zero-order valence-electron chi connectivity index (χ0n) is 12.8. The lowest BCUT2D eigenvalue weighted by Crippen LogP contribution is -2.28. The van der Waals surface area contributed by atoms with Gasteiger partial charge in [0.1, 0.15) is 5.82 Å². The summed E-state index contributed by atoms with van der Waals surface area (Å²) < 4.78 is 12.9. The Morgan fingerprint density at radius 3 is 2.65 bits per heavy atom. The third-order valence-electron chi connectivity index (χ3n) is 3.92. The second-order valence-electron chi connectivity index (χ2n) is 5.74. The topological polar surface area (TPSA) is 49.4 Å². The normalized spacial score (nSPS) is 17.4. The van der Waals surface area contributed by atoms with Crippen LogP contribution in [0.25, 0.3) is 0 Å². The number of amides is 2. The molecule has 23 heavy (non-hydrogen) atoms. The van der Waals surface area contributed by atoms with Crippen LogP contribution in [-0.4, -0.2) is 18.4 Å². The third kappa shape index (κ3) is 3.39. The number of hydrogen-bond acceptors (Lipinski definition) is 2. The van der Waals surface area contributed by atoms with Crippen LogP contribution in [0.15, 0.2) is 48.5 Å². The lowest BCUT2D eigenvalue weighted by atomic mass is 10.1. The zero-order valence-corrected chi connectivity index (χ0v) is 12.8. The number of hydrogen-bond donors (Lipinski definition) is 1. The van der Waals surface area contributed by atoms with Crippen molar-refractivity contribution >= 4 is 23.2 Å². The number of nitrogens with zero attached hydrogens (tertiary/aromatic N) is 1. The number of benzene rings is 2. The van der Waals surface area contributed by atoms with Gasteiger partial charge in [0.25, 0.3) is 0 Å². The molecule has 0 bridgehead atoms. The summed E-state index contributed by atoms with van der Waals surface area (Å²) in [5.74, 6) is -1.05. The number of rotatable bonds is 3. The van der Waals surface area contributed by atoms with Crippen molar-refractivity contribution < 1.29 is 14.0 Å². The number of anilines is 2. The molecule has 1 saturated heterocycles. The Kier molecular flexibility index (Phi) is 4.10. The van der Waals surface area contributed by atoms with E-state index in [-0.39, 0.29) is 24.1 Å². The molecule has 1 atom stereocenters. The molecule has 0 aliphatic carbocycles. The first-order valence-corrected chi connectivity index (χ1v) is 7.46. The quantitative estimate of drug-likeness (QED) is 0.946. The Balaban J connectivity index is 1.69. The van der Waals surface area contributed by atoms with Gasteiger partial charge in [-0.1, -0.05) is 12.1 Å². The van der Waals surface area contributed by atoms with E-state index in [1.54, 1.807) is 4.90 Å². The molecule has 0 unspecified atom stereocenters. The maximum absolute atomic E-state index is 12.9. The van der Waals surface area contributed by atoms with Crippen molar-refractivity contribution in [1.29, 1.82) is 0 Å². The van der Waals surface area contributed by atoms with Crippen LogP contribution in [0.4, 0.5) is 15.8 Å². The summed E-state index contributed by atoms with van der Waals surface area (Å²) in [6.45, 7) is 2.32. The highest BCUT2D eigenvalue weighted by atomic mass is 19.1. The maximum Gasteiger partial charge on any atom is 0.229 e. The van der Waals surface area contributed by atoms with E-state index in [0.29, 0.717) is 12.2 Å². The minimum absolute atomic E-state index is 0.0603. The lowest BCUT2D eigenvalue weighted by Gasteiger charge is -2.17. The Hall–Kier alpha value is -2.69. The standard InChI is InChI=1S/C18H17FN2O2/c1-12-3-2-4-16(9-12)21-11-13(10-17(21)22)18(23)20-15-7-5-14(19)6-8-15/h2-9,13H,10-11H2,1H3,(H,20,23)/t13-/m1/s1. The molecule has 5 heteroatoms. The van der Waals surface area contributed by atoms with Crippen LogP contribution in [0.2, 0.25) is 0 Å². The van der Waals surface area contributed by atoms with E-state index in [0.717, 1.165) is 11.3 Å². The van der Waals surface area contributed by atoms with Crippen molar-refractivity contribution in [1.82, 2.24) is 0 Å². The second-order valence-corrected chi connectivity index (χ2v) is 5.74. The zero-order chi connectivity index (χ0) is 16.4. The minimum Gasteiger partial charge on any atom is -0.326 e. The van der Waals surface area contributed by atoms with Gasteiger partial charge >= 0.3 is 0 Å². The Bertz CT molecular complexity index is 743. The lowest BCUT2D eigenvalue weighted by molar-refractivity contribution is -0.122. The Morgan fingerprint density at radius 2 is 1.96 bits per heavy atom. The van der Waals surface area contributed by atoms with Gasteiger partial charge in [0, 0.05) is 24.3 Å². The highest BCUT2D eigenvalue weighted by Crippen LogP contribution is 2.26. The van der Waals surface area contributed by atoms with Crippen molar-refractivity contribution in [2.24, 2.45) is 5.92 Å². The summed E-state index contributed by atoms with van der Waals surface area (Å²) in [6, 6.07) is 13.2. The Morgan fingerprint density at radius 1 is 1.22 bits per heavy atom. The summed E-state index contributed by atoms with van der Waals surface area (Å²) in [4.78, 5) is 26.1. The molecule has 1 fully saturated rings. The van der Waals surface area contributed by atoms with Crippen LogP contribution in [0.3, 0.4) is 0 Å². The van der Waals surface area contributed by atoms with E-state index < -0.39 is 5.92 Å². The first-order chi connectivity index (χ1) is 11.0. The summed E-state index contributed by atoms with van der Waals surface area (Å²) in [6.07, 6.45) is 0.182. The molecular formula is C18H17FN2O2. The van der Waals surface area contributed by atoms with Crippen LogP contribution >= 0.6 is 0 Å². The van der Waals surface area contributed by atoms with E-state index in [1.165, 1.54) is 24.3 Å². The number of nitrogens with one attached hydrogen (secondary N) is 1. The molecule has 0 saturated carbocycles. The highest BCUT2D eigenvalue weighted by molar-refractivity contribution is 6.03. The first kappa shape index (κ1) is 15.2. The van der Waals surface area contributed by atoms with E-state index in [1.807, 2.05) is 31.2 Å². The van der Waals surface area contributed by atoms with E-state index in [9.17, 15) is 14.0 Å². The van der Waals surface area contributed by atoms with E-state index >= 15 is 0 Å². The van der Waals surface area contributed by atoms with E-state index in [2.05, 4.69) is 5.32 Å². The molecule has 2 aromatic carbocycles. The molecule has 0 radical (unpaired) electrons. The predicted molar refractivity (Wildman–Crippen MR) is 86.7 cm³/mol. The summed E-state index contributed by atoms with van der Waals surface area (Å²) in [7, 11) is 0. The average Bonchev–Trinajstić information content (AvgIpc) is 2.92. The molecule has 3 rings (SSSR count).